The van der Waals surface area contributed by atoms with Crippen LogP contribution in [0.5, 0.6) is 0 Å². The maximum absolute atomic E-state index is 11.9. The summed E-state index contributed by atoms with van der Waals surface area (Å²) in [6.45, 7) is 2.06. The lowest BCUT2D eigenvalue weighted by atomic mass is 10.2. The molecule has 0 bridgehead atoms. The molecule has 120 valence electrons. The Balaban J connectivity index is 2.63. The molecule has 0 radical (unpaired) electrons. The molecule has 8 heteroatoms. The Bertz CT molecular complexity index is 637. The van der Waals surface area contributed by atoms with Crippen LogP contribution >= 0.6 is 0 Å². The van der Waals surface area contributed by atoms with Crippen LogP contribution in [0.2, 0.25) is 0 Å². The molecule has 1 aromatic carbocycles. The molecule has 0 aliphatic carbocycles. The van der Waals surface area contributed by atoms with Crippen molar-refractivity contribution in [3.8, 4) is 0 Å². The molecule has 0 unspecified atom stereocenters. The van der Waals surface area contributed by atoms with Gasteiger partial charge in [-0.3, -0.25) is 0 Å². The summed E-state index contributed by atoms with van der Waals surface area (Å²) in [6, 6.07) is 5.26. The van der Waals surface area contributed by atoms with Crippen LogP contribution in [0.3, 0.4) is 0 Å². The molecule has 6 nitrogen and oxygen atoms in total. The highest BCUT2D eigenvalue weighted by Gasteiger charge is 2.10. The first kappa shape index (κ1) is 17.9. The molecule has 1 aromatic rings. The summed E-state index contributed by atoms with van der Waals surface area (Å²) < 4.78 is 50.4. The fourth-order valence-electron chi connectivity index (χ4n) is 1.76. The van der Waals surface area contributed by atoms with E-state index < -0.39 is 20.0 Å². The fraction of sp³-hybridized carbons (Fsp3) is 0.538. The number of nitrogen functional groups attached to an aromatic ring is 1. The van der Waals surface area contributed by atoms with Crippen molar-refractivity contribution in [3.63, 3.8) is 0 Å². The fourth-order valence-corrected chi connectivity index (χ4v) is 4.65. The largest absolute Gasteiger partial charge is 0.432 e. The number of nitrogens with two attached hydrogens (primary N) is 1. The zero-order valence-corrected chi connectivity index (χ0v) is 13.7. The average molecular weight is 333 g/mol. The van der Waals surface area contributed by atoms with E-state index in [9.17, 15) is 16.8 Å². The normalized spacial score (nSPS) is 12.4. The quantitative estimate of drug-likeness (QED) is 0.552. The highest BCUT2D eigenvalue weighted by Crippen LogP contribution is 2.22. The summed E-state index contributed by atoms with van der Waals surface area (Å²) in [5, 5.41) is 0. The van der Waals surface area contributed by atoms with Crippen LogP contribution in [0.15, 0.2) is 29.2 Å². The molecule has 0 aromatic heterocycles. The van der Waals surface area contributed by atoms with E-state index in [1.54, 1.807) is 0 Å². The van der Waals surface area contributed by atoms with Crippen molar-refractivity contribution in [2.45, 2.75) is 43.9 Å². The molecular weight excluding hydrogens is 312 g/mol. The average Bonchev–Trinajstić information content (AvgIpc) is 2.37. The number of benzene rings is 1. The Kier molecular flexibility index (Phi) is 6.63. The Hall–Kier alpha value is -1.12. The van der Waals surface area contributed by atoms with Crippen molar-refractivity contribution >= 4 is 25.7 Å². The highest BCUT2D eigenvalue weighted by molar-refractivity contribution is 8.12. The van der Waals surface area contributed by atoms with E-state index in [0.29, 0.717) is 12.1 Å². The number of rotatable bonds is 9. The van der Waals surface area contributed by atoms with Crippen LogP contribution in [0.4, 0.5) is 5.69 Å². The predicted molar refractivity (Wildman–Crippen MR) is 83.9 cm³/mol. The standard InChI is InChI=1S/C13H21N2O4S2/c1-2-3-4-5-6-11-20(16,17)15-21(18,19)13-9-7-12(14)8-10-13/h7-10H,2-6,11,14H2,1H3/q-1. The van der Waals surface area contributed by atoms with Gasteiger partial charge in [0, 0.05) is 16.3 Å². The first-order chi connectivity index (χ1) is 9.77. The van der Waals surface area contributed by atoms with Crippen LogP contribution in [0, 0.1) is 0 Å². The van der Waals surface area contributed by atoms with Crippen molar-refractivity contribution < 1.29 is 16.8 Å². The molecule has 0 amide bonds. The molecule has 2 N–H and O–H groups in total. The van der Waals surface area contributed by atoms with E-state index >= 15 is 0 Å². The van der Waals surface area contributed by atoms with Gasteiger partial charge < -0.3 is 9.86 Å². The summed E-state index contributed by atoms with van der Waals surface area (Å²) in [5.74, 6) is -0.245. The number of anilines is 1. The van der Waals surface area contributed by atoms with Crippen LogP contribution in [-0.2, 0) is 20.0 Å². The van der Waals surface area contributed by atoms with Crippen LogP contribution in [0.1, 0.15) is 39.0 Å². The van der Waals surface area contributed by atoms with Crippen molar-refractivity contribution in [1.29, 1.82) is 0 Å². The Morgan fingerprint density at radius 1 is 0.952 bits per heavy atom. The van der Waals surface area contributed by atoms with E-state index in [-0.39, 0.29) is 10.6 Å². The van der Waals surface area contributed by atoms with Gasteiger partial charge in [-0.15, -0.1) is 0 Å². The van der Waals surface area contributed by atoms with Crippen LogP contribution in [0.25, 0.3) is 4.13 Å². The monoisotopic (exact) mass is 333 g/mol. The van der Waals surface area contributed by atoms with Crippen molar-refractivity contribution in [2.24, 2.45) is 0 Å². The van der Waals surface area contributed by atoms with Gasteiger partial charge in [-0.25, -0.2) is 16.8 Å². The lowest BCUT2D eigenvalue weighted by molar-refractivity contribution is 0.589. The zero-order chi connectivity index (χ0) is 15.9. The third-order valence-corrected chi connectivity index (χ3v) is 6.26. The molecule has 1 rings (SSSR count). The number of hydrogen-bond acceptors (Lipinski definition) is 5. The summed E-state index contributed by atoms with van der Waals surface area (Å²) in [7, 11) is -8.18. The van der Waals surface area contributed by atoms with Crippen molar-refractivity contribution in [2.75, 3.05) is 11.5 Å². The van der Waals surface area contributed by atoms with Crippen molar-refractivity contribution in [1.82, 2.24) is 0 Å². The number of hydrogen-bond donors (Lipinski definition) is 1. The first-order valence-electron chi connectivity index (χ1n) is 6.84. The van der Waals surface area contributed by atoms with Gasteiger partial charge in [0.25, 0.3) is 0 Å². The predicted octanol–water partition coefficient (Wildman–Crippen LogP) is 2.63. The third-order valence-electron chi connectivity index (χ3n) is 2.90. The lowest BCUT2D eigenvalue weighted by Gasteiger charge is -2.20. The highest BCUT2D eigenvalue weighted by atomic mass is 32.3. The maximum atomic E-state index is 11.9. The van der Waals surface area contributed by atoms with E-state index in [0.717, 1.165) is 25.7 Å². The second kappa shape index (κ2) is 7.77. The number of nitrogens with zero attached hydrogens (tertiary/aromatic N) is 1. The van der Waals surface area contributed by atoms with Gasteiger partial charge in [0.15, 0.2) is 0 Å². The number of sulfonamides is 2. The van der Waals surface area contributed by atoms with Gasteiger partial charge in [0.05, 0.1) is 10.0 Å². The lowest BCUT2D eigenvalue weighted by Crippen LogP contribution is -2.11. The van der Waals surface area contributed by atoms with Gasteiger partial charge in [-0.2, -0.15) is 0 Å². The Labute approximate surface area is 126 Å². The molecule has 0 aliphatic rings. The number of unbranched alkanes of at least 4 members (excludes halogenated alkanes) is 4. The van der Waals surface area contributed by atoms with Gasteiger partial charge in [-0.1, -0.05) is 32.6 Å². The van der Waals surface area contributed by atoms with Gasteiger partial charge >= 0.3 is 0 Å². The second-order valence-electron chi connectivity index (χ2n) is 4.82. The molecule has 21 heavy (non-hydrogen) atoms. The van der Waals surface area contributed by atoms with Crippen LogP contribution in [-0.4, -0.2) is 22.6 Å². The SMILES string of the molecule is CCCCCCCS(=O)(=O)[N-]S(=O)(=O)c1ccc(N)cc1. The third kappa shape index (κ3) is 6.45. The minimum absolute atomic E-state index is 0.175. The minimum atomic E-state index is -4.20. The topological polar surface area (TPSA) is 108 Å². The Morgan fingerprint density at radius 2 is 1.52 bits per heavy atom. The van der Waals surface area contributed by atoms with Crippen molar-refractivity contribution in [3.05, 3.63) is 28.4 Å². The molecule has 0 atom stereocenters. The zero-order valence-electron chi connectivity index (χ0n) is 12.0. The van der Waals surface area contributed by atoms with E-state index in [1.165, 1.54) is 24.3 Å². The molecular formula is C13H21N2O4S2-. The van der Waals surface area contributed by atoms with Gasteiger partial charge in [0.2, 0.25) is 0 Å². The molecule has 0 aliphatic heterocycles. The van der Waals surface area contributed by atoms with Crippen LogP contribution < -0.4 is 5.73 Å². The Morgan fingerprint density at radius 3 is 2.10 bits per heavy atom. The second-order valence-corrected chi connectivity index (χ2v) is 8.41. The summed E-state index contributed by atoms with van der Waals surface area (Å²) in [5.41, 5.74) is 5.86. The molecule has 0 heterocycles. The maximum Gasteiger partial charge on any atom is 0.112 e. The summed E-state index contributed by atoms with van der Waals surface area (Å²) in [6.07, 6.45) is 4.22. The van der Waals surface area contributed by atoms with E-state index in [1.807, 2.05) is 0 Å². The minimum Gasteiger partial charge on any atom is -0.432 e. The summed E-state index contributed by atoms with van der Waals surface area (Å²) >= 11 is 0. The van der Waals surface area contributed by atoms with Gasteiger partial charge in [0.1, 0.15) is 10.0 Å². The first-order valence-corrected chi connectivity index (χ1v) is 9.89. The molecule has 0 saturated heterocycles. The smallest absolute Gasteiger partial charge is 0.112 e. The van der Waals surface area contributed by atoms with E-state index in [4.69, 9.17) is 5.73 Å². The molecule has 0 fully saturated rings. The van der Waals surface area contributed by atoms with E-state index in [2.05, 4.69) is 11.1 Å². The summed E-state index contributed by atoms with van der Waals surface area (Å²) in [4.78, 5) is -0.175. The molecule has 0 spiro atoms. The van der Waals surface area contributed by atoms with Gasteiger partial charge in [-0.05, 0) is 30.7 Å². The molecule has 0 saturated carbocycles.